The summed E-state index contributed by atoms with van der Waals surface area (Å²) >= 11 is 0. The second kappa shape index (κ2) is 13.5. The van der Waals surface area contributed by atoms with Crippen LogP contribution in [0.4, 0.5) is 0 Å². The number of allylic oxidation sites excluding steroid dienone is 4. The van der Waals surface area contributed by atoms with Gasteiger partial charge in [-0.1, -0.05) is 78.8 Å². The largest absolute Gasteiger partial charge is 0.413 e. The number of carbonyl (C=O) groups excluding carboxylic acids is 1. The minimum absolute atomic E-state index is 0.0237. The van der Waals surface area contributed by atoms with Crippen molar-refractivity contribution in [2.24, 2.45) is 11.3 Å². The normalized spacial score (nSPS) is 29.5. The molecule has 5 atom stereocenters. The second-order valence-electron chi connectivity index (χ2n) is 17.1. The highest BCUT2D eigenvalue weighted by atomic mass is 28.4. The molecular weight excluding hydrogens is 579 g/mol. The zero-order chi connectivity index (χ0) is 33.5. The first-order valence-corrected chi connectivity index (χ1v) is 22.8. The molecule has 3 aliphatic rings. The molecule has 0 saturated heterocycles. The van der Waals surface area contributed by atoms with Gasteiger partial charge in [0.15, 0.2) is 22.7 Å². The lowest BCUT2D eigenvalue weighted by molar-refractivity contribution is -0.139. The summed E-state index contributed by atoms with van der Waals surface area (Å²) in [7, 11) is -0.327. The third kappa shape index (κ3) is 7.82. The van der Waals surface area contributed by atoms with Gasteiger partial charge in [0.25, 0.3) is 5.91 Å². The van der Waals surface area contributed by atoms with E-state index < -0.39 is 22.7 Å². The van der Waals surface area contributed by atoms with Crippen molar-refractivity contribution >= 4 is 22.5 Å². The summed E-state index contributed by atoms with van der Waals surface area (Å²) in [5.74, 6) is 0.425. The Kier molecular flexibility index (Phi) is 11.4. The maximum atomic E-state index is 13.2. The Balaban J connectivity index is 1.95. The lowest BCUT2D eigenvalue weighted by atomic mass is 9.63. The average Bonchev–Trinajstić information content (AvgIpc) is 3.23. The molecule has 2 saturated carbocycles. The summed E-state index contributed by atoms with van der Waals surface area (Å²) in [5, 5.41) is 0.273. The molecule has 2 fully saturated rings. The van der Waals surface area contributed by atoms with Crippen LogP contribution < -0.4 is 0 Å². The predicted molar refractivity (Wildman–Crippen MR) is 191 cm³/mol. The molecule has 5 nitrogen and oxygen atoms in total. The van der Waals surface area contributed by atoms with E-state index in [-0.39, 0.29) is 33.6 Å². The van der Waals surface area contributed by atoms with E-state index in [9.17, 15) is 4.79 Å². The molecule has 3 rings (SSSR count). The number of carbonyl (C=O) groups is 1. The van der Waals surface area contributed by atoms with Crippen LogP contribution in [0.5, 0.6) is 0 Å². The molecule has 0 heterocycles. The minimum Gasteiger partial charge on any atom is -0.413 e. The maximum absolute atomic E-state index is 13.2. The molecule has 7 heteroatoms. The summed E-state index contributed by atoms with van der Waals surface area (Å²) in [6, 6.07) is 0. The van der Waals surface area contributed by atoms with Crippen LogP contribution in [0.2, 0.25) is 36.3 Å². The zero-order valence-electron chi connectivity index (χ0n) is 30.8. The number of likely N-dealkylation sites (N-methyl/N-ethyl adjacent to an activating group) is 1. The van der Waals surface area contributed by atoms with Gasteiger partial charge < -0.3 is 18.5 Å². The lowest BCUT2D eigenvalue weighted by Crippen LogP contribution is -2.49. The Morgan fingerprint density at radius 3 is 2.20 bits per heavy atom. The first kappa shape index (κ1) is 37.2. The molecule has 250 valence electrons. The van der Waals surface area contributed by atoms with E-state index >= 15 is 0 Å². The fourth-order valence-corrected chi connectivity index (χ4v) is 9.39. The molecule has 1 unspecified atom stereocenters. The fourth-order valence-electron chi connectivity index (χ4n) is 6.72. The molecule has 0 radical (unpaired) electrons. The number of amides is 1. The number of hydrogen-bond acceptors (Lipinski definition) is 4. The second-order valence-corrected chi connectivity index (χ2v) is 26.6. The van der Waals surface area contributed by atoms with Gasteiger partial charge in [0.1, 0.15) is 0 Å². The molecule has 1 amide bonds. The van der Waals surface area contributed by atoms with Crippen LogP contribution in [0.15, 0.2) is 47.1 Å². The van der Waals surface area contributed by atoms with E-state index in [1.807, 2.05) is 21.0 Å². The van der Waals surface area contributed by atoms with E-state index in [0.717, 1.165) is 44.1 Å². The van der Waals surface area contributed by atoms with Crippen molar-refractivity contribution in [2.75, 3.05) is 20.7 Å². The van der Waals surface area contributed by atoms with Crippen LogP contribution in [0, 0.1) is 11.3 Å². The number of ether oxygens (including phenoxy) is 1. The molecule has 0 bridgehead atoms. The highest BCUT2D eigenvalue weighted by Gasteiger charge is 2.49. The van der Waals surface area contributed by atoms with E-state index in [1.165, 1.54) is 16.7 Å². The average molecular weight is 644 g/mol. The summed E-state index contributed by atoms with van der Waals surface area (Å²) in [6.07, 6.45) is 12.6. The van der Waals surface area contributed by atoms with E-state index in [0.29, 0.717) is 12.5 Å². The standard InChI is InChI=1S/C37H65NO4Si2/c1-16-40-33(34(39)38(10)11)31-22-21-30-27(18-17-23-37(30,31)9)19-20-28-24-29(41-43(12,13)35(3,4)5)25-32(26(28)2)42-44(14,15)36(6,7)8/h19-20,22,29-30,32-33H,2,16-18,21,23-25H2,1,3-15H3/b27-19+,28-20-/t29-,30+,32+,33?,37+/m1/s1. The van der Waals surface area contributed by atoms with Gasteiger partial charge in [-0.25, -0.2) is 0 Å². The molecule has 3 aliphatic carbocycles. The number of hydrogen-bond donors (Lipinski definition) is 0. The van der Waals surface area contributed by atoms with Crippen molar-refractivity contribution in [1.82, 2.24) is 4.90 Å². The molecule has 0 aromatic carbocycles. The molecule has 0 aromatic heterocycles. The first-order valence-electron chi connectivity index (χ1n) is 17.0. The van der Waals surface area contributed by atoms with Crippen molar-refractivity contribution in [3.63, 3.8) is 0 Å². The van der Waals surface area contributed by atoms with Crippen LogP contribution in [0.25, 0.3) is 0 Å². The molecule has 44 heavy (non-hydrogen) atoms. The van der Waals surface area contributed by atoms with Crippen molar-refractivity contribution in [2.45, 2.75) is 148 Å². The van der Waals surface area contributed by atoms with Crippen molar-refractivity contribution in [3.05, 3.63) is 47.1 Å². The van der Waals surface area contributed by atoms with Crippen LogP contribution >= 0.6 is 0 Å². The van der Waals surface area contributed by atoms with Gasteiger partial charge in [-0.05, 0) is 103 Å². The lowest BCUT2D eigenvalue weighted by Gasteiger charge is -2.45. The van der Waals surface area contributed by atoms with Crippen LogP contribution in [-0.2, 0) is 18.4 Å². The Bertz CT molecular complexity index is 1170. The Labute approximate surface area is 272 Å². The highest BCUT2D eigenvalue weighted by Crippen LogP contribution is 2.56. The third-order valence-electron chi connectivity index (χ3n) is 11.6. The molecule has 0 spiro atoms. The maximum Gasteiger partial charge on any atom is 0.255 e. The third-order valence-corrected chi connectivity index (χ3v) is 20.6. The van der Waals surface area contributed by atoms with Gasteiger partial charge in [-0.3, -0.25) is 4.79 Å². The molecule has 0 N–H and O–H groups in total. The molecular formula is C37H65NO4Si2. The minimum atomic E-state index is -2.01. The van der Waals surface area contributed by atoms with Crippen LogP contribution in [-0.4, -0.2) is 66.5 Å². The highest BCUT2D eigenvalue weighted by molar-refractivity contribution is 6.74. The quantitative estimate of drug-likeness (QED) is 0.185. The topological polar surface area (TPSA) is 48.0 Å². The summed E-state index contributed by atoms with van der Waals surface area (Å²) in [5.41, 5.74) is 4.98. The van der Waals surface area contributed by atoms with Gasteiger partial charge in [-0.15, -0.1) is 0 Å². The summed E-state index contributed by atoms with van der Waals surface area (Å²) in [6.45, 7) is 32.8. The Morgan fingerprint density at radius 1 is 1.07 bits per heavy atom. The van der Waals surface area contributed by atoms with Gasteiger partial charge in [-0.2, -0.15) is 0 Å². The first-order chi connectivity index (χ1) is 20.1. The van der Waals surface area contributed by atoms with Crippen LogP contribution in [0.3, 0.4) is 0 Å². The van der Waals surface area contributed by atoms with Crippen molar-refractivity contribution in [3.8, 4) is 0 Å². The van der Waals surface area contributed by atoms with Crippen molar-refractivity contribution < 1.29 is 18.4 Å². The van der Waals surface area contributed by atoms with Gasteiger partial charge in [0.05, 0.1) is 12.2 Å². The predicted octanol–water partition coefficient (Wildman–Crippen LogP) is 9.60. The van der Waals surface area contributed by atoms with E-state index in [4.69, 9.17) is 13.6 Å². The van der Waals surface area contributed by atoms with Crippen LogP contribution in [0.1, 0.15) is 93.9 Å². The number of fused-ring (bicyclic) bond motifs is 1. The number of rotatable bonds is 9. The molecule has 0 aliphatic heterocycles. The van der Waals surface area contributed by atoms with E-state index in [2.05, 4.69) is 99.5 Å². The SMILES string of the molecule is C=C1/C(=C\C=C2/CCC[C@]3(C)C(C(OCC)C(=O)N(C)C)=CC[C@@H]23)C[C@@H](O[Si](C)(C)C(C)(C)C)C[C@@H]1O[Si](C)(C)C(C)(C)C. The Morgan fingerprint density at radius 2 is 1.66 bits per heavy atom. The van der Waals surface area contributed by atoms with Gasteiger partial charge in [0, 0.05) is 27.1 Å². The summed E-state index contributed by atoms with van der Waals surface area (Å²) in [4.78, 5) is 14.8. The zero-order valence-corrected chi connectivity index (χ0v) is 32.8. The summed E-state index contributed by atoms with van der Waals surface area (Å²) < 4.78 is 20.2. The number of nitrogens with zero attached hydrogens (tertiary/aromatic N) is 1. The Hall–Kier alpha value is -1.26. The monoisotopic (exact) mass is 643 g/mol. The van der Waals surface area contributed by atoms with Gasteiger partial charge >= 0.3 is 0 Å². The molecule has 0 aromatic rings. The fraction of sp³-hybridized carbons (Fsp3) is 0.757. The smallest absolute Gasteiger partial charge is 0.255 e. The van der Waals surface area contributed by atoms with Gasteiger partial charge in [0.2, 0.25) is 0 Å². The van der Waals surface area contributed by atoms with E-state index in [1.54, 1.807) is 4.90 Å². The van der Waals surface area contributed by atoms with Crippen molar-refractivity contribution in [1.29, 1.82) is 0 Å².